The number of nitrogens with two attached hydrogens (primary N) is 3. The Morgan fingerprint density at radius 1 is 0.500 bits per heavy atom. The van der Waals surface area contributed by atoms with Gasteiger partial charge in [0.15, 0.2) is 0 Å². The number of primary amides is 1. The van der Waals surface area contributed by atoms with Gasteiger partial charge in [-0.15, -0.1) is 0 Å². The smallest absolute Gasteiger partial charge is 0.326 e. The lowest BCUT2D eigenvalue weighted by atomic mass is 10.1. The number of unbranched alkanes of at least 4 members (excludes halogenated alkanes) is 1. The standard InChI is InChI=1S/C28H47N9O15/c29-8-2-1-3-15(28(51)52)35-23(46)13(4-6-21(42)43)34-27(50)18(12-39)37-25(48)16(9-19(31)40)36-24(47)14(5-7-22(44)45)33-26(49)17(11-38)32-20(41)10-30/h13-18,38-39H,1-12,29-30H2,(H2,31,40)(H,32,41)(H,33,49)(H,34,50)(H,35,46)(H,36,47)(H,37,48)(H,42,43)(H,44,45)(H,51,52)/t13-,14-,15-,16-,17-,18-/m0/s1. The van der Waals surface area contributed by atoms with Crippen molar-refractivity contribution in [1.82, 2.24) is 31.9 Å². The average Bonchev–Trinajstić information content (AvgIpc) is 3.07. The molecule has 0 aliphatic heterocycles. The van der Waals surface area contributed by atoms with Gasteiger partial charge < -0.3 is 74.6 Å². The third-order valence-corrected chi connectivity index (χ3v) is 6.99. The van der Waals surface area contributed by atoms with Crippen LogP contribution in [0.2, 0.25) is 0 Å². The summed E-state index contributed by atoms with van der Waals surface area (Å²) in [6, 6.07) is -10.3. The predicted octanol–water partition coefficient (Wildman–Crippen LogP) is -7.34. The molecule has 0 aromatic heterocycles. The van der Waals surface area contributed by atoms with Gasteiger partial charge in [0.1, 0.15) is 36.3 Å². The van der Waals surface area contributed by atoms with Gasteiger partial charge >= 0.3 is 17.9 Å². The number of carboxylic acid groups (broad SMARTS) is 3. The van der Waals surface area contributed by atoms with E-state index in [0.717, 1.165) is 0 Å². The molecular formula is C28H47N9O15. The number of amides is 7. The molecule has 294 valence electrons. The van der Waals surface area contributed by atoms with Crippen molar-refractivity contribution in [3.63, 3.8) is 0 Å². The van der Waals surface area contributed by atoms with E-state index in [4.69, 9.17) is 27.4 Å². The van der Waals surface area contributed by atoms with Crippen LogP contribution >= 0.6 is 0 Å². The fraction of sp³-hybridized carbons (Fsp3) is 0.643. The van der Waals surface area contributed by atoms with Crippen LogP contribution in [0.4, 0.5) is 0 Å². The molecule has 0 bridgehead atoms. The van der Waals surface area contributed by atoms with E-state index >= 15 is 0 Å². The van der Waals surface area contributed by atoms with Gasteiger partial charge in [0, 0.05) is 12.8 Å². The first-order valence-electron chi connectivity index (χ1n) is 15.8. The molecule has 6 atom stereocenters. The van der Waals surface area contributed by atoms with Crippen LogP contribution in [0.5, 0.6) is 0 Å². The lowest BCUT2D eigenvalue weighted by molar-refractivity contribution is -0.143. The zero-order valence-corrected chi connectivity index (χ0v) is 28.0. The lowest BCUT2D eigenvalue weighted by Crippen LogP contribution is -2.60. The Balaban J connectivity index is 6.06. The summed E-state index contributed by atoms with van der Waals surface area (Å²) in [6.07, 6.45) is -2.78. The number of carbonyl (C=O) groups is 10. The van der Waals surface area contributed by atoms with Gasteiger partial charge in [-0.25, -0.2) is 4.79 Å². The number of hydrogen-bond acceptors (Lipinski definition) is 14. The molecule has 0 fully saturated rings. The molecular weight excluding hydrogens is 702 g/mol. The van der Waals surface area contributed by atoms with Crippen molar-refractivity contribution >= 4 is 59.3 Å². The molecule has 0 saturated heterocycles. The van der Waals surface area contributed by atoms with E-state index in [1.54, 1.807) is 0 Å². The topological polar surface area (TPSA) is 422 Å². The molecule has 52 heavy (non-hydrogen) atoms. The number of aliphatic carboxylic acids is 3. The lowest BCUT2D eigenvalue weighted by Gasteiger charge is -2.26. The molecule has 17 N–H and O–H groups in total. The van der Waals surface area contributed by atoms with E-state index in [-0.39, 0.29) is 13.0 Å². The molecule has 24 heteroatoms. The van der Waals surface area contributed by atoms with Gasteiger partial charge in [-0.2, -0.15) is 0 Å². The molecule has 0 aliphatic carbocycles. The molecule has 0 saturated carbocycles. The van der Waals surface area contributed by atoms with Crippen LogP contribution in [0.15, 0.2) is 0 Å². The van der Waals surface area contributed by atoms with Gasteiger partial charge in [0.25, 0.3) is 0 Å². The second-order valence-corrected chi connectivity index (χ2v) is 11.2. The second-order valence-electron chi connectivity index (χ2n) is 11.2. The summed E-state index contributed by atoms with van der Waals surface area (Å²) >= 11 is 0. The average molecular weight is 750 g/mol. The number of rotatable bonds is 27. The van der Waals surface area contributed by atoms with Crippen molar-refractivity contribution in [3.8, 4) is 0 Å². The monoisotopic (exact) mass is 749 g/mol. The number of hydrogen-bond donors (Lipinski definition) is 14. The van der Waals surface area contributed by atoms with E-state index in [0.29, 0.717) is 12.8 Å². The maximum Gasteiger partial charge on any atom is 0.326 e. The molecule has 0 radical (unpaired) electrons. The minimum atomic E-state index is -1.92. The minimum Gasteiger partial charge on any atom is -0.481 e. The summed E-state index contributed by atoms with van der Waals surface area (Å²) in [4.78, 5) is 122. The Labute approximate surface area is 295 Å². The van der Waals surface area contributed by atoms with Crippen LogP contribution in [0.3, 0.4) is 0 Å². The Morgan fingerprint density at radius 3 is 1.27 bits per heavy atom. The summed E-state index contributed by atoms with van der Waals surface area (Å²) in [5.74, 6) is -12.4. The molecule has 0 spiro atoms. The third kappa shape index (κ3) is 18.5. The minimum absolute atomic E-state index is 0.0477. The van der Waals surface area contributed by atoms with Crippen LogP contribution in [-0.4, -0.2) is 147 Å². The van der Waals surface area contributed by atoms with Gasteiger partial charge in [-0.1, -0.05) is 0 Å². The molecule has 0 heterocycles. The highest BCUT2D eigenvalue weighted by Gasteiger charge is 2.34. The Kier molecular flexibility index (Phi) is 22.1. The summed E-state index contributed by atoms with van der Waals surface area (Å²) in [5.41, 5.74) is 15.8. The van der Waals surface area contributed by atoms with Crippen molar-refractivity contribution in [2.45, 2.75) is 87.6 Å². The fourth-order valence-corrected chi connectivity index (χ4v) is 4.24. The number of aliphatic hydroxyl groups is 2. The Hall–Kier alpha value is -5.46. The quantitative estimate of drug-likeness (QED) is 0.0347. The summed E-state index contributed by atoms with van der Waals surface area (Å²) in [5, 5.41) is 59.5. The summed E-state index contributed by atoms with van der Waals surface area (Å²) in [6.45, 7) is -2.44. The van der Waals surface area contributed by atoms with E-state index in [1.807, 2.05) is 5.32 Å². The van der Waals surface area contributed by atoms with Gasteiger partial charge in [0.2, 0.25) is 41.4 Å². The molecule has 0 rings (SSSR count). The molecule has 0 unspecified atom stereocenters. The van der Waals surface area contributed by atoms with Gasteiger partial charge in [0.05, 0.1) is 26.2 Å². The van der Waals surface area contributed by atoms with Crippen molar-refractivity contribution in [3.05, 3.63) is 0 Å². The molecule has 0 aromatic carbocycles. The molecule has 24 nitrogen and oxygen atoms in total. The SMILES string of the molecule is NCCCC[C@H](NC(=O)[C@H](CCC(=O)O)NC(=O)[C@H](CO)NC(=O)[C@H](CC(N)=O)NC(=O)[C@H](CCC(=O)O)NC(=O)[C@H](CO)NC(=O)CN)C(=O)O. The highest BCUT2D eigenvalue weighted by molar-refractivity contribution is 5.98. The van der Waals surface area contributed by atoms with Crippen LogP contribution in [-0.2, 0) is 47.9 Å². The van der Waals surface area contributed by atoms with E-state index in [1.165, 1.54) is 0 Å². The Bertz CT molecular complexity index is 1300. The van der Waals surface area contributed by atoms with Crippen LogP contribution in [0, 0.1) is 0 Å². The van der Waals surface area contributed by atoms with Crippen LogP contribution in [0.1, 0.15) is 51.4 Å². The first-order chi connectivity index (χ1) is 24.4. The summed E-state index contributed by atoms with van der Waals surface area (Å²) < 4.78 is 0. The maximum absolute atomic E-state index is 13.2. The molecule has 0 aliphatic rings. The zero-order chi connectivity index (χ0) is 40.0. The van der Waals surface area contributed by atoms with Crippen molar-refractivity contribution in [1.29, 1.82) is 0 Å². The number of aliphatic hydroxyl groups excluding tert-OH is 2. The van der Waals surface area contributed by atoms with E-state index < -0.39 is 147 Å². The number of nitrogens with one attached hydrogen (secondary N) is 6. The highest BCUT2D eigenvalue weighted by Crippen LogP contribution is 2.06. The second kappa shape index (κ2) is 24.6. The molecule has 0 aromatic rings. The first-order valence-corrected chi connectivity index (χ1v) is 15.8. The summed E-state index contributed by atoms with van der Waals surface area (Å²) in [7, 11) is 0. The van der Waals surface area contributed by atoms with Crippen LogP contribution < -0.4 is 49.1 Å². The molecule has 7 amide bonds. The van der Waals surface area contributed by atoms with Crippen molar-refractivity contribution in [2.75, 3.05) is 26.3 Å². The van der Waals surface area contributed by atoms with Crippen molar-refractivity contribution in [2.24, 2.45) is 17.2 Å². The highest BCUT2D eigenvalue weighted by atomic mass is 16.4. The number of carbonyl (C=O) groups excluding carboxylic acids is 7. The number of carboxylic acids is 3. The largest absolute Gasteiger partial charge is 0.481 e. The first kappa shape index (κ1) is 46.5. The van der Waals surface area contributed by atoms with E-state index in [9.17, 15) is 63.3 Å². The normalized spacial score (nSPS) is 14.2. The van der Waals surface area contributed by atoms with Crippen molar-refractivity contribution < 1.29 is 73.5 Å². The Morgan fingerprint density at radius 2 is 0.885 bits per heavy atom. The van der Waals surface area contributed by atoms with Gasteiger partial charge in [-0.05, 0) is 38.6 Å². The van der Waals surface area contributed by atoms with E-state index in [2.05, 4.69) is 26.6 Å². The zero-order valence-electron chi connectivity index (χ0n) is 28.0. The fourth-order valence-electron chi connectivity index (χ4n) is 4.24. The maximum atomic E-state index is 13.2. The van der Waals surface area contributed by atoms with Crippen LogP contribution in [0.25, 0.3) is 0 Å². The van der Waals surface area contributed by atoms with Gasteiger partial charge in [-0.3, -0.25) is 43.2 Å². The predicted molar refractivity (Wildman–Crippen MR) is 173 cm³/mol. The third-order valence-electron chi connectivity index (χ3n) is 6.99.